The molecule has 2 aromatic rings. The topological polar surface area (TPSA) is 41.3 Å². The minimum absolute atomic E-state index is 0.368. The van der Waals surface area contributed by atoms with Gasteiger partial charge in [-0.3, -0.25) is 4.68 Å². The Balaban J connectivity index is 1.94. The van der Waals surface area contributed by atoms with Gasteiger partial charge in [0.2, 0.25) is 0 Å². The number of aliphatic hydroxyl groups is 1. The van der Waals surface area contributed by atoms with Gasteiger partial charge >= 0.3 is 0 Å². The quantitative estimate of drug-likeness (QED) is 0.925. The summed E-state index contributed by atoms with van der Waals surface area (Å²) in [6, 6.07) is 8.01. The lowest BCUT2D eigenvalue weighted by atomic mass is 9.98. The largest absolute Gasteiger partial charge is 0.388 e. The van der Waals surface area contributed by atoms with Crippen LogP contribution in [0.2, 0.25) is 5.15 Å². The lowest BCUT2D eigenvalue weighted by Gasteiger charge is -2.33. The Morgan fingerprint density at radius 2 is 2.15 bits per heavy atom. The fourth-order valence-electron chi connectivity index (χ4n) is 2.82. The van der Waals surface area contributed by atoms with E-state index >= 15 is 0 Å². The van der Waals surface area contributed by atoms with Gasteiger partial charge < -0.3 is 10.0 Å². The van der Waals surface area contributed by atoms with E-state index in [0.29, 0.717) is 5.15 Å². The van der Waals surface area contributed by atoms with Crippen LogP contribution in [0.5, 0.6) is 0 Å². The summed E-state index contributed by atoms with van der Waals surface area (Å²) in [5.41, 5.74) is 4.10. The second-order valence-electron chi connectivity index (χ2n) is 5.26. The van der Waals surface area contributed by atoms with Crippen LogP contribution in [-0.4, -0.2) is 21.4 Å². The Labute approximate surface area is 123 Å². The minimum atomic E-state index is -0.368. The average molecular weight is 292 g/mol. The SMILES string of the molecule is Cc1nn(C)c(Cl)c1CN1CCC(O)c2ccccc21. The summed E-state index contributed by atoms with van der Waals surface area (Å²) in [4.78, 5) is 2.26. The van der Waals surface area contributed by atoms with Crippen molar-refractivity contribution in [3.05, 3.63) is 46.2 Å². The first-order valence-corrected chi connectivity index (χ1v) is 7.15. The summed E-state index contributed by atoms with van der Waals surface area (Å²) < 4.78 is 1.71. The molecule has 2 heterocycles. The molecule has 1 aromatic heterocycles. The van der Waals surface area contributed by atoms with E-state index in [1.165, 1.54) is 0 Å². The lowest BCUT2D eigenvalue weighted by Crippen LogP contribution is -2.30. The lowest BCUT2D eigenvalue weighted by molar-refractivity contribution is 0.164. The first-order chi connectivity index (χ1) is 9.58. The molecule has 1 N–H and O–H groups in total. The summed E-state index contributed by atoms with van der Waals surface area (Å²) >= 11 is 6.31. The number of aliphatic hydroxyl groups excluding tert-OH is 1. The number of anilines is 1. The number of aryl methyl sites for hydroxylation is 2. The highest BCUT2D eigenvalue weighted by Crippen LogP contribution is 2.35. The average Bonchev–Trinajstić information content (AvgIpc) is 2.68. The zero-order chi connectivity index (χ0) is 14.3. The van der Waals surface area contributed by atoms with E-state index in [1.807, 2.05) is 32.2 Å². The van der Waals surface area contributed by atoms with Crippen molar-refractivity contribution in [1.82, 2.24) is 9.78 Å². The van der Waals surface area contributed by atoms with E-state index < -0.39 is 0 Å². The van der Waals surface area contributed by atoms with Crippen LogP contribution in [0.4, 0.5) is 5.69 Å². The molecule has 0 amide bonds. The number of rotatable bonds is 2. The van der Waals surface area contributed by atoms with E-state index in [1.54, 1.807) is 4.68 Å². The maximum atomic E-state index is 10.1. The van der Waals surface area contributed by atoms with Crippen molar-refractivity contribution in [2.75, 3.05) is 11.4 Å². The molecule has 4 nitrogen and oxygen atoms in total. The van der Waals surface area contributed by atoms with Gasteiger partial charge in [0, 0.05) is 37.0 Å². The van der Waals surface area contributed by atoms with Crippen molar-refractivity contribution < 1.29 is 5.11 Å². The van der Waals surface area contributed by atoms with Crippen LogP contribution in [0, 0.1) is 6.92 Å². The number of aromatic nitrogens is 2. The molecule has 1 unspecified atom stereocenters. The molecule has 1 atom stereocenters. The van der Waals surface area contributed by atoms with Crippen molar-refractivity contribution in [3.63, 3.8) is 0 Å². The molecular formula is C15H18ClN3O. The monoisotopic (exact) mass is 291 g/mol. The van der Waals surface area contributed by atoms with Gasteiger partial charge in [-0.15, -0.1) is 0 Å². The summed E-state index contributed by atoms with van der Waals surface area (Å²) in [6.45, 7) is 3.52. The van der Waals surface area contributed by atoms with Crippen LogP contribution in [0.25, 0.3) is 0 Å². The molecule has 0 fully saturated rings. The van der Waals surface area contributed by atoms with Crippen molar-refractivity contribution in [2.24, 2.45) is 7.05 Å². The third-order valence-electron chi connectivity index (χ3n) is 3.93. The highest BCUT2D eigenvalue weighted by Gasteiger charge is 2.24. The third kappa shape index (κ3) is 2.19. The van der Waals surface area contributed by atoms with Gasteiger partial charge in [0.15, 0.2) is 0 Å². The number of hydrogen-bond acceptors (Lipinski definition) is 3. The summed E-state index contributed by atoms with van der Waals surface area (Å²) in [5, 5.41) is 15.1. The molecule has 0 radical (unpaired) electrons. The molecule has 20 heavy (non-hydrogen) atoms. The molecule has 106 valence electrons. The summed E-state index contributed by atoms with van der Waals surface area (Å²) in [7, 11) is 1.85. The molecule has 1 aliphatic heterocycles. The Bertz CT molecular complexity index is 638. The van der Waals surface area contributed by atoms with Crippen LogP contribution in [0.15, 0.2) is 24.3 Å². The van der Waals surface area contributed by atoms with Gasteiger partial charge in [-0.2, -0.15) is 5.10 Å². The zero-order valence-electron chi connectivity index (χ0n) is 11.7. The molecule has 1 aliphatic rings. The predicted octanol–water partition coefficient (Wildman–Crippen LogP) is 2.83. The number of nitrogens with zero attached hydrogens (tertiary/aromatic N) is 3. The van der Waals surface area contributed by atoms with Gasteiger partial charge in [0.05, 0.1) is 11.8 Å². The van der Waals surface area contributed by atoms with Gasteiger partial charge in [-0.05, 0) is 19.4 Å². The highest BCUT2D eigenvalue weighted by molar-refractivity contribution is 6.30. The Hall–Kier alpha value is -1.52. The Morgan fingerprint density at radius 1 is 1.40 bits per heavy atom. The number of fused-ring (bicyclic) bond motifs is 1. The van der Waals surface area contributed by atoms with Gasteiger partial charge in [0.25, 0.3) is 0 Å². The van der Waals surface area contributed by atoms with Crippen LogP contribution in [0.1, 0.15) is 29.3 Å². The Morgan fingerprint density at radius 3 is 2.85 bits per heavy atom. The van der Waals surface area contributed by atoms with Gasteiger partial charge in [-0.25, -0.2) is 0 Å². The smallest absolute Gasteiger partial charge is 0.131 e. The minimum Gasteiger partial charge on any atom is -0.388 e. The second kappa shape index (κ2) is 5.11. The van der Waals surface area contributed by atoms with Crippen LogP contribution in [-0.2, 0) is 13.6 Å². The van der Waals surface area contributed by atoms with Gasteiger partial charge in [0.1, 0.15) is 5.15 Å². The van der Waals surface area contributed by atoms with Crippen molar-refractivity contribution >= 4 is 17.3 Å². The van der Waals surface area contributed by atoms with Crippen LogP contribution >= 0.6 is 11.6 Å². The number of benzene rings is 1. The van der Waals surface area contributed by atoms with Crippen LogP contribution < -0.4 is 4.90 Å². The fourth-order valence-corrected chi connectivity index (χ4v) is 3.05. The molecule has 0 spiro atoms. The van der Waals surface area contributed by atoms with E-state index in [2.05, 4.69) is 16.1 Å². The van der Waals surface area contributed by atoms with E-state index in [0.717, 1.165) is 42.0 Å². The summed E-state index contributed by atoms with van der Waals surface area (Å²) in [6.07, 6.45) is 0.376. The molecule has 0 aliphatic carbocycles. The van der Waals surface area contributed by atoms with Gasteiger partial charge in [-0.1, -0.05) is 29.8 Å². The van der Waals surface area contributed by atoms with E-state index in [4.69, 9.17) is 11.6 Å². The number of halogens is 1. The second-order valence-corrected chi connectivity index (χ2v) is 5.62. The maximum Gasteiger partial charge on any atom is 0.131 e. The first-order valence-electron chi connectivity index (χ1n) is 6.78. The first kappa shape index (κ1) is 13.5. The maximum absolute atomic E-state index is 10.1. The highest BCUT2D eigenvalue weighted by atomic mass is 35.5. The summed E-state index contributed by atoms with van der Waals surface area (Å²) in [5.74, 6) is 0. The number of hydrogen-bond donors (Lipinski definition) is 1. The normalized spacial score (nSPS) is 18.2. The molecular weight excluding hydrogens is 274 g/mol. The zero-order valence-corrected chi connectivity index (χ0v) is 12.4. The molecule has 5 heteroatoms. The molecule has 3 rings (SSSR count). The Kier molecular flexibility index (Phi) is 3.44. The van der Waals surface area contributed by atoms with Crippen molar-refractivity contribution in [1.29, 1.82) is 0 Å². The predicted molar refractivity (Wildman–Crippen MR) is 80.0 cm³/mol. The van der Waals surface area contributed by atoms with E-state index in [-0.39, 0.29) is 6.10 Å². The molecule has 0 saturated heterocycles. The van der Waals surface area contributed by atoms with Crippen molar-refractivity contribution in [3.8, 4) is 0 Å². The van der Waals surface area contributed by atoms with Crippen molar-refractivity contribution in [2.45, 2.75) is 26.0 Å². The fraction of sp³-hybridized carbons (Fsp3) is 0.400. The molecule has 0 saturated carbocycles. The number of para-hydroxylation sites is 1. The third-order valence-corrected chi connectivity index (χ3v) is 4.40. The molecule has 0 bridgehead atoms. The molecule has 1 aromatic carbocycles. The van der Waals surface area contributed by atoms with E-state index in [9.17, 15) is 5.11 Å². The van der Waals surface area contributed by atoms with Crippen LogP contribution in [0.3, 0.4) is 0 Å². The standard InChI is InChI=1S/C15H18ClN3O/c1-10-12(15(16)18(2)17-10)9-19-8-7-14(20)11-5-3-4-6-13(11)19/h3-6,14,20H,7-9H2,1-2H3.